The minimum Gasteiger partial charge on any atom is -0.481 e. The van der Waals surface area contributed by atoms with Gasteiger partial charge < -0.3 is 5.11 Å². The first-order valence-electron chi connectivity index (χ1n) is 4.32. The number of hydrogen-bond donors (Lipinski definition) is 1. The summed E-state index contributed by atoms with van der Waals surface area (Å²) < 4.78 is 0. The van der Waals surface area contributed by atoms with E-state index < -0.39 is 14.8 Å². The lowest BCUT2D eigenvalue weighted by molar-refractivity contribution is -0.137. The molecule has 0 aromatic carbocycles. The van der Waals surface area contributed by atoms with Gasteiger partial charge in [-0.3, -0.25) is 4.79 Å². The molecule has 0 bridgehead atoms. The molecule has 11 heavy (non-hydrogen) atoms. The Morgan fingerprint density at radius 1 is 1.55 bits per heavy atom. The van der Waals surface area contributed by atoms with E-state index in [0.29, 0.717) is 0 Å². The van der Waals surface area contributed by atoms with E-state index in [9.17, 15) is 4.79 Å². The Morgan fingerprint density at radius 3 is 2.36 bits per heavy atom. The maximum absolute atomic E-state index is 10.7. The highest BCUT2D eigenvalue weighted by Crippen LogP contribution is 2.18. The van der Waals surface area contributed by atoms with Gasteiger partial charge >= 0.3 is 5.97 Å². The monoisotopic (exact) mass is 174 g/mol. The molecule has 0 aliphatic heterocycles. The topological polar surface area (TPSA) is 37.3 Å². The van der Waals surface area contributed by atoms with Gasteiger partial charge in [-0.25, -0.2) is 0 Å². The molecule has 2 nitrogen and oxygen atoms in total. The van der Waals surface area contributed by atoms with Crippen molar-refractivity contribution in [2.24, 2.45) is 0 Å². The standard InChI is InChI=1S/C8H18O2Si/c1-4-5-6-7(8(9)10)11(2)3/h7,11H,4-6H2,1-3H3,(H,9,10). The second kappa shape index (κ2) is 5.35. The van der Waals surface area contributed by atoms with Crippen molar-refractivity contribution in [1.29, 1.82) is 0 Å². The first kappa shape index (κ1) is 10.7. The van der Waals surface area contributed by atoms with Crippen LogP contribution in [0.2, 0.25) is 18.6 Å². The van der Waals surface area contributed by atoms with Gasteiger partial charge in [-0.15, -0.1) is 0 Å². The van der Waals surface area contributed by atoms with Gasteiger partial charge in [0.2, 0.25) is 0 Å². The van der Waals surface area contributed by atoms with E-state index >= 15 is 0 Å². The van der Waals surface area contributed by atoms with Crippen LogP contribution in [0.25, 0.3) is 0 Å². The Kier molecular flexibility index (Phi) is 5.20. The Labute approximate surface area is 70.2 Å². The van der Waals surface area contributed by atoms with Crippen molar-refractivity contribution in [1.82, 2.24) is 0 Å². The molecule has 66 valence electrons. The largest absolute Gasteiger partial charge is 0.481 e. The lowest BCUT2D eigenvalue weighted by Gasteiger charge is -2.13. The van der Waals surface area contributed by atoms with E-state index in [2.05, 4.69) is 20.0 Å². The van der Waals surface area contributed by atoms with E-state index in [0.717, 1.165) is 19.3 Å². The first-order valence-corrected chi connectivity index (χ1v) is 7.30. The minimum atomic E-state index is -0.974. The van der Waals surface area contributed by atoms with Crippen molar-refractivity contribution < 1.29 is 9.90 Å². The molecule has 0 aromatic heterocycles. The van der Waals surface area contributed by atoms with Crippen molar-refractivity contribution in [3.8, 4) is 0 Å². The Hall–Kier alpha value is -0.313. The van der Waals surface area contributed by atoms with Gasteiger partial charge in [0.1, 0.15) is 0 Å². The van der Waals surface area contributed by atoms with Gasteiger partial charge in [-0.05, 0) is 6.42 Å². The molecule has 1 unspecified atom stereocenters. The molecule has 0 saturated carbocycles. The Morgan fingerprint density at radius 2 is 2.09 bits per heavy atom. The van der Waals surface area contributed by atoms with Crippen molar-refractivity contribution in [2.75, 3.05) is 0 Å². The number of carbonyl (C=O) groups is 1. The van der Waals surface area contributed by atoms with Crippen LogP contribution in [-0.4, -0.2) is 19.9 Å². The fourth-order valence-corrected chi connectivity index (χ4v) is 2.64. The summed E-state index contributed by atoms with van der Waals surface area (Å²) in [4.78, 5) is 10.7. The molecule has 0 radical (unpaired) electrons. The van der Waals surface area contributed by atoms with Gasteiger partial charge in [0.25, 0.3) is 0 Å². The fraction of sp³-hybridized carbons (Fsp3) is 0.875. The number of aliphatic carboxylic acids is 1. The summed E-state index contributed by atoms with van der Waals surface area (Å²) in [5, 5.41) is 8.81. The number of carboxylic acid groups (broad SMARTS) is 1. The van der Waals surface area contributed by atoms with Crippen LogP contribution in [0.5, 0.6) is 0 Å². The van der Waals surface area contributed by atoms with Gasteiger partial charge in [-0.2, -0.15) is 0 Å². The third-order valence-corrected chi connectivity index (χ3v) is 4.22. The molecule has 0 saturated heterocycles. The molecular weight excluding hydrogens is 156 g/mol. The molecule has 0 aliphatic rings. The summed E-state index contributed by atoms with van der Waals surface area (Å²) in [6.45, 7) is 6.31. The number of hydrogen-bond acceptors (Lipinski definition) is 1. The summed E-state index contributed by atoms with van der Waals surface area (Å²) in [5.41, 5.74) is -0.00468. The third-order valence-electron chi connectivity index (χ3n) is 1.99. The highest BCUT2D eigenvalue weighted by atomic mass is 28.3. The van der Waals surface area contributed by atoms with Gasteiger partial charge in [0, 0.05) is 14.3 Å². The molecule has 0 spiro atoms. The van der Waals surface area contributed by atoms with E-state index in [1.807, 2.05) is 0 Å². The van der Waals surface area contributed by atoms with Crippen LogP contribution in [0, 0.1) is 0 Å². The van der Waals surface area contributed by atoms with Crippen molar-refractivity contribution >= 4 is 14.8 Å². The Balaban J connectivity index is 3.80. The molecule has 3 heteroatoms. The maximum atomic E-state index is 10.7. The second-order valence-corrected chi connectivity index (χ2v) is 6.62. The molecular formula is C8H18O2Si. The molecule has 0 aromatic rings. The van der Waals surface area contributed by atoms with Crippen LogP contribution < -0.4 is 0 Å². The normalized spacial score (nSPS) is 13.5. The van der Waals surface area contributed by atoms with E-state index in [4.69, 9.17) is 5.11 Å². The van der Waals surface area contributed by atoms with Crippen LogP contribution in [0.15, 0.2) is 0 Å². The summed E-state index contributed by atoms with van der Waals surface area (Å²) in [7, 11) is -0.974. The molecule has 1 atom stereocenters. The zero-order valence-corrected chi connectivity index (χ0v) is 8.79. The van der Waals surface area contributed by atoms with Crippen LogP contribution in [0.3, 0.4) is 0 Å². The third kappa shape index (κ3) is 4.19. The van der Waals surface area contributed by atoms with Crippen molar-refractivity contribution in [2.45, 2.75) is 44.8 Å². The number of unbranched alkanes of at least 4 members (excludes halogenated alkanes) is 1. The van der Waals surface area contributed by atoms with Gasteiger partial charge in [-0.1, -0.05) is 32.9 Å². The van der Waals surface area contributed by atoms with Gasteiger partial charge in [0.05, 0.1) is 0 Å². The maximum Gasteiger partial charge on any atom is 0.303 e. The highest BCUT2D eigenvalue weighted by Gasteiger charge is 2.20. The van der Waals surface area contributed by atoms with Gasteiger partial charge in [0.15, 0.2) is 0 Å². The van der Waals surface area contributed by atoms with Crippen molar-refractivity contribution in [3.63, 3.8) is 0 Å². The van der Waals surface area contributed by atoms with Crippen LogP contribution in [-0.2, 0) is 4.79 Å². The van der Waals surface area contributed by atoms with Crippen LogP contribution in [0.1, 0.15) is 26.2 Å². The summed E-state index contributed by atoms with van der Waals surface area (Å²) >= 11 is 0. The lowest BCUT2D eigenvalue weighted by atomic mass is 10.2. The number of rotatable bonds is 5. The van der Waals surface area contributed by atoms with Crippen LogP contribution >= 0.6 is 0 Å². The molecule has 0 fully saturated rings. The molecule has 0 amide bonds. The SMILES string of the molecule is CCCCC(C(=O)O)[SiH](C)C. The molecule has 1 N–H and O–H groups in total. The molecule has 0 heterocycles. The Bertz CT molecular complexity index is 123. The lowest BCUT2D eigenvalue weighted by Crippen LogP contribution is -2.20. The fourth-order valence-electron chi connectivity index (χ4n) is 1.17. The predicted octanol–water partition coefficient (Wildman–Crippen LogP) is 2.12. The average Bonchev–Trinajstić information content (AvgIpc) is 1.87. The summed E-state index contributed by atoms with van der Waals surface area (Å²) in [6, 6.07) is 0. The van der Waals surface area contributed by atoms with E-state index in [-0.39, 0.29) is 5.54 Å². The number of carboxylic acids is 1. The molecule has 0 aliphatic carbocycles. The second-order valence-electron chi connectivity index (χ2n) is 3.33. The van der Waals surface area contributed by atoms with Crippen molar-refractivity contribution in [3.05, 3.63) is 0 Å². The zero-order valence-electron chi connectivity index (χ0n) is 7.63. The summed E-state index contributed by atoms with van der Waals surface area (Å²) in [5.74, 6) is -0.583. The average molecular weight is 174 g/mol. The molecule has 0 rings (SSSR count). The highest BCUT2D eigenvalue weighted by molar-refractivity contribution is 6.61. The smallest absolute Gasteiger partial charge is 0.303 e. The summed E-state index contributed by atoms with van der Waals surface area (Å²) in [6.07, 6.45) is 3.04. The minimum absolute atomic E-state index is 0.00468. The van der Waals surface area contributed by atoms with E-state index in [1.165, 1.54) is 0 Å². The van der Waals surface area contributed by atoms with Crippen LogP contribution in [0.4, 0.5) is 0 Å². The van der Waals surface area contributed by atoms with E-state index in [1.54, 1.807) is 0 Å². The quantitative estimate of drug-likeness (QED) is 0.648. The predicted molar refractivity (Wildman–Crippen MR) is 49.8 cm³/mol. The zero-order chi connectivity index (χ0) is 8.85. The first-order chi connectivity index (χ1) is 5.09.